The summed E-state index contributed by atoms with van der Waals surface area (Å²) in [4.78, 5) is 15.7. The molecule has 0 bridgehead atoms. The highest BCUT2D eigenvalue weighted by Gasteiger charge is 2.57. The molecule has 1 aliphatic rings. The van der Waals surface area contributed by atoms with Crippen molar-refractivity contribution in [3.8, 4) is 0 Å². The van der Waals surface area contributed by atoms with E-state index < -0.39 is 57.7 Å². The van der Waals surface area contributed by atoms with Crippen molar-refractivity contribution >= 4 is 43.5 Å². The number of hydrogen-bond acceptors (Lipinski definition) is 6. The minimum Gasteiger partial charge on any atom is -0.444 e. The van der Waals surface area contributed by atoms with Crippen LogP contribution in [0.2, 0.25) is 10.1 Å². The van der Waals surface area contributed by atoms with Gasteiger partial charge in [-0.05, 0) is 51.6 Å². The monoisotopic (exact) mass is 739 g/mol. The lowest BCUT2D eigenvalue weighted by Crippen LogP contribution is -2.74. The molecular weight excluding hydrogens is 683 g/mol. The molecule has 1 aliphatic heterocycles. The summed E-state index contributed by atoms with van der Waals surface area (Å²) < 4.78 is 21.1. The second kappa shape index (κ2) is 15.4. The van der Waals surface area contributed by atoms with Crippen molar-refractivity contribution in [1.82, 2.24) is 4.90 Å². The molecule has 9 heteroatoms. The molecule has 0 aromatic heterocycles. The van der Waals surface area contributed by atoms with E-state index in [9.17, 15) is 15.0 Å². The van der Waals surface area contributed by atoms with Crippen LogP contribution >= 0.6 is 0 Å². The molecule has 278 valence electrons. The third-order valence-electron chi connectivity index (χ3n) is 10.1. The molecule has 7 nitrogen and oxygen atoms in total. The van der Waals surface area contributed by atoms with Crippen molar-refractivity contribution in [1.29, 1.82) is 0 Å². The molecule has 1 fully saturated rings. The predicted octanol–water partition coefficient (Wildman–Crippen LogP) is 5.85. The van der Waals surface area contributed by atoms with Crippen LogP contribution in [0, 0.1) is 0 Å². The fourth-order valence-electron chi connectivity index (χ4n) is 7.80. The molecule has 1 saturated heterocycles. The average Bonchev–Trinajstić information content (AvgIpc) is 3.09. The van der Waals surface area contributed by atoms with Gasteiger partial charge in [0.05, 0.1) is 25.3 Å². The van der Waals surface area contributed by atoms with Crippen molar-refractivity contribution in [2.24, 2.45) is 0 Å². The van der Waals surface area contributed by atoms with Crippen molar-refractivity contribution < 1.29 is 28.6 Å². The summed E-state index contributed by atoms with van der Waals surface area (Å²) in [6.07, 6.45) is -4.21. The minimum atomic E-state index is -3.29. The average molecular weight is 740 g/mol. The molecule has 4 aromatic carbocycles. The number of nitrogens with zero attached hydrogens (tertiary/aromatic N) is 1. The van der Waals surface area contributed by atoms with Gasteiger partial charge in [-0.15, -0.1) is 0 Å². The van der Waals surface area contributed by atoms with E-state index in [4.69, 9.17) is 13.6 Å². The fraction of sp³-hybridized carbons (Fsp3) is 0.419. The molecular formula is C43H57NO6Si2. The molecule has 52 heavy (non-hydrogen) atoms. The first kappa shape index (κ1) is 39.6. The zero-order chi connectivity index (χ0) is 38.0. The maximum atomic E-state index is 14.2. The number of benzene rings is 4. The van der Waals surface area contributed by atoms with Crippen LogP contribution in [0.25, 0.3) is 0 Å². The molecule has 4 atom stereocenters. The van der Waals surface area contributed by atoms with Gasteiger partial charge >= 0.3 is 6.09 Å². The van der Waals surface area contributed by atoms with E-state index in [-0.39, 0.29) is 18.2 Å². The predicted molar refractivity (Wildman–Crippen MR) is 215 cm³/mol. The van der Waals surface area contributed by atoms with Gasteiger partial charge in [0.2, 0.25) is 0 Å². The molecule has 0 radical (unpaired) electrons. The molecule has 4 aromatic rings. The van der Waals surface area contributed by atoms with Gasteiger partial charge in [0.15, 0.2) is 0 Å². The van der Waals surface area contributed by atoms with Crippen molar-refractivity contribution in [2.45, 2.75) is 102 Å². The van der Waals surface area contributed by atoms with E-state index in [0.29, 0.717) is 0 Å². The van der Waals surface area contributed by atoms with Crippen LogP contribution in [0.15, 0.2) is 121 Å². The van der Waals surface area contributed by atoms with Gasteiger partial charge in [-0.2, -0.15) is 0 Å². The SMILES string of the molecule is CC(C)(C)OC(=O)N1C[C@H](O)[C@H](O)[C@@H](O[Si](c2ccccc2)(c2ccccc2)C(C)(C)C)[C@@H]1CO[Si](c1ccccc1)(c1ccccc1)C(C)(C)C. The zero-order valence-corrected chi connectivity index (χ0v) is 34.2. The molecule has 0 unspecified atom stereocenters. The van der Waals surface area contributed by atoms with Gasteiger partial charge < -0.3 is 23.8 Å². The Morgan fingerprint density at radius 3 is 1.35 bits per heavy atom. The number of rotatable bonds is 9. The number of hydrogen-bond donors (Lipinski definition) is 2. The van der Waals surface area contributed by atoms with E-state index in [2.05, 4.69) is 90.1 Å². The minimum absolute atomic E-state index is 0.0408. The van der Waals surface area contributed by atoms with Crippen LogP contribution in [0.1, 0.15) is 62.3 Å². The summed E-state index contributed by atoms with van der Waals surface area (Å²) in [7, 11) is -6.40. The van der Waals surface area contributed by atoms with E-state index in [0.717, 1.165) is 20.7 Å². The molecule has 0 aliphatic carbocycles. The third-order valence-corrected chi connectivity index (χ3v) is 20.2. The molecule has 1 heterocycles. The second-order valence-corrected chi connectivity index (χ2v) is 25.5. The van der Waals surface area contributed by atoms with Gasteiger partial charge in [-0.1, -0.05) is 163 Å². The number of β-amino-alcohol motifs (C(OH)–C–C–N with tert-alkyl or cyclic N) is 1. The number of aliphatic hydroxyl groups excluding tert-OH is 2. The van der Waals surface area contributed by atoms with Crippen LogP contribution in [-0.4, -0.2) is 80.9 Å². The Kier molecular flexibility index (Phi) is 11.7. The van der Waals surface area contributed by atoms with Crippen LogP contribution in [0.4, 0.5) is 4.79 Å². The summed E-state index contributed by atoms with van der Waals surface area (Å²) in [5.41, 5.74) is -0.796. The number of ether oxygens (including phenoxy) is 1. The van der Waals surface area contributed by atoms with Crippen molar-refractivity contribution in [3.05, 3.63) is 121 Å². The lowest BCUT2D eigenvalue weighted by atomic mass is 9.95. The summed E-state index contributed by atoms with van der Waals surface area (Å²) in [6, 6.07) is 40.3. The number of aliphatic hydroxyl groups is 2. The third kappa shape index (κ3) is 7.86. The van der Waals surface area contributed by atoms with Crippen LogP contribution in [0.3, 0.4) is 0 Å². The fourth-order valence-corrected chi connectivity index (χ4v) is 17.1. The zero-order valence-electron chi connectivity index (χ0n) is 32.2. The first-order valence-electron chi connectivity index (χ1n) is 18.3. The smallest absolute Gasteiger partial charge is 0.410 e. The summed E-state index contributed by atoms with van der Waals surface area (Å²) >= 11 is 0. The highest BCUT2D eigenvalue weighted by Crippen LogP contribution is 2.41. The van der Waals surface area contributed by atoms with Gasteiger partial charge in [0.25, 0.3) is 16.6 Å². The van der Waals surface area contributed by atoms with Gasteiger partial charge in [0.1, 0.15) is 17.8 Å². The molecule has 2 N–H and O–H groups in total. The van der Waals surface area contributed by atoms with E-state index >= 15 is 0 Å². The Morgan fingerprint density at radius 2 is 1.00 bits per heavy atom. The summed E-state index contributed by atoms with van der Waals surface area (Å²) in [6.45, 7) is 18.5. The standard InChI is InChI=1S/C43H57NO6Si2/c1-41(2,3)49-40(47)44-30-37(45)38(46)39(50-52(43(7,8)9,34-26-18-12-19-27-34)35-28-20-13-21-29-35)36(44)31-48-51(42(4,5)6,32-22-14-10-15-23-32)33-24-16-11-17-25-33/h10-29,36-39,45-46H,30-31H2,1-9H3/t36-,37-,38-,39-/m0/s1. The van der Waals surface area contributed by atoms with Crippen molar-refractivity contribution in [3.63, 3.8) is 0 Å². The first-order valence-corrected chi connectivity index (χ1v) is 22.1. The Morgan fingerprint density at radius 1 is 0.635 bits per heavy atom. The topological polar surface area (TPSA) is 88.5 Å². The summed E-state index contributed by atoms with van der Waals surface area (Å²) in [5.74, 6) is 0. The maximum absolute atomic E-state index is 14.2. The number of carbonyl (C=O) groups is 1. The molecule has 0 saturated carbocycles. The first-order chi connectivity index (χ1) is 24.4. The number of amides is 1. The number of piperidine rings is 1. The Bertz CT molecular complexity index is 1660. The highest BCUT2D eigenvalue weighted by molar-refractivity contribution is 7.00. The molecule has 1 amide bonds. The van der Waals surface area contributed by atoms with E-state index in [1.165, 1.54) is 4.90 Å². The quantitative estimate of drug-likeness (QED) is 0.210. The van der Waals surface area contributed by atoms with Crippen LogP contribution < -0.4 is 20.7 Å². The maximum Gasteiger partial charge on any atom is 0.410 e. The van der Waals surface area contributed by atoms with Gasteiger partial charge in [0, 0.05) is 0 Å². The Labute approximate surface area is 312 Å². The van der Waals surface area contributed by atoms with Crippen molar-refractivity contribution in [2.75, 3.05) is 13.2 Å². The van der Waals surface area contributed by atoms with Crippen LogP contribution in [0.5, 0.6) is 0 Å². The lowest BCUT2D eigenvalue weighted by Gasteiger charge is -2.52. The second-order valence-electron chi connectivity index (χ2n) is 17.0. The summed E-state index contributed by atoms with van der Waals surface area (Å²) in [5, 5.41) is 27.1. The van der Waals surface area contributed by atoms with Crippen LogP contribution in [-0.2, 0) is 13.6 Å². The highest BCUT2D eigenvalue weighted by atomic mass is 28.4. The number of carbonyl (C=O) groups excluding carboxylic acids is 1. The normalized spacial score (nSPS) is 20.4. The number of likely N-dealkylation sites (tertiary alicyclic amines) is 1. The van der Waals surface area contributed by atoms with E-state index in [1.54, 1.807) is 0 Å². The van der Waals surface area contributed by atoms with Gasteiger partial charge in [-0.3, -0.25) is 4.90 Å². The Balaban J connectivity index is 1.72. The molecule has 5 rings (SSSR count). The Hall–Kier alpha value is -3.58. The molecule has 0 spiro atoms. The largest absolute Gasteiger partial charge is 0.444 e. The van der Waals surface area contributed by atoms with E-state index in [1.807, 2.05) is 93.6 Å². The van der Waals surface area contributed by atoms with Gasteiger partial charge in [-0.25, -0.2) is 4.79 Å². The lowest BCUT2D eigenvalue weighted by molar-refractivity contribution is -0.134.